The highest BCUT2D eigenvalue weighted by Gasteiger charge is 1.97. The van der Waals surface area contributed by atoms with E-state index in [0.29, 0.717) is 5.88 Å². The third-order valence-electron chi connectivity index (χ3n) is 1.72. The Labute approximate surface area is 78.7 Å². The Morgan fingerprint density at radius 2 is 2.23 bits per heavy atom. The van der Waals surface area contributed by atoms with Gasteiger partial charge in [0.05, 0.1) is 6.54 Å². The number of anilines is 1. The van der Waals surface area contributed by atoms with Gasteiger partial charge in [-0.05, 0) is 20.2 Å². The number of furan rings is 1. The largest absolute Gasteiger partial charge is 0.445 e. The first-order valence-corrected chi connectivity index (χ1v) is 4.38. The summed E-state index contributed by atoms with van der Waals surface area (Å²) in [7, 11) is 4.10. The van der Waals surface area contributed by atoms with Crippen molar-refractivity contribution in [2.75, 3.05) is 32.9 Å². The van der Waals surface area contributed by atoms with Gasteiger partial charge in [-0.25, -0.2) is 0 Å². The molecule has 0 aliphatic rings. The Morgan fingerprint density at radius 1 is 1.46 bits per heavy atom. The molecule has 13 heavy (non-hydrogen) atoms. The lowest BCUT2D eigenvalue weighted by atomic mass is 10.4. The predicted molar refractivity (Wildman–Crippen MR) is 53.4 cm³/mol. The number of nitrogens with two attached hydrogens (primary N) is 1. The molecule has 0 saturated heterocycles. The molecule has 0 atom stereocenters. The molecule has 1 aromatic rings. The second kappa shape index (κ2) is 4.89. The molecular weight excluding hydrogens is 166 g/mol. The van der Waals surface area contributed by atoms with Gasteiger partial charge < -0.3 is 20.4 Å². The van der Waals surface area contributed by atoms with Gasteiger partial charge in [0.2, 0.25) is 0 Å². The first-order valence-electron chi connectivity index (χ1n) is 4.38. The van der Waals surface area contributed by atoms with Gasteiger partial charge in [0.15, 0.2) is 5.88 Å². The van der Waals surface area contributed by atoms with Crippen LogP contribution in [0.15, 0.2) is 16.5 Å². The lowest BCUT2D eigenvalue weighted by molar-refractivity contribution is 0.393. The summed E-state index contributed by atoms with van der Waals surface area (Å²) in [6.07, 6.45) is 0. The molecule has 4 heteroatoms. The first kappa shape index (κ1) is 10.1. The molecule has 1 rings (SSSR count). The monoisotopic (exact) mass is 183 g/mol. The van der Waals surface area contributed by atoms with Gasteiger partial charge in [-0.2, -0.15) is 0 Å². The summed E-state index contributed by atoms with van der Waals surface area (Å²) in [5.41, 5.74) is 5.43. The van der Waals surface area contributed by atoms with E-state index in [2.05, 4.69) is 10.2 Å². The molecule has 0 aliphatic heterocycles. The van der Waals surface area contributed by atoms with E-state index in [1.54, 1.807) is 6.07 Å². The van der Waals surface area contributed by atoms with Crippen molar-refractivity contribution in [1.82, 2.24) is 10.2 Å². The van der Waals surface area contributed by atoms with Crippen LogP contribution in [0.1, 0.15) is 5.76 Å². The van der Waals surface area contributed by atoms with Gasteiger partial charge in [0.1, 0.15) is 5.76 Å². The van der Waals surface area contributed by atoms with Crippen LogP contribution in [0, 0.1) is 0 Å². The van der Waals surface area contributed by atoms with Crippen LogP contribution >= 0.6 is 0 Å². The smallest absolute Gasteiger partial charge is 0.190 e. The predicted octanol–water partition coefficient (Wildman–Crippen LogP) is 0.513. The van der Waals surface area contributed by atoms with Crippen molar-refractivity contribution < 1.29 is 4.42 Å². The van der Waals surface area contributed by atoms with E-state index in [4.69, 9.17) is 10.2 Å². The molecule has 74 valence electrons. The van der Waals surface area contributed by atoms with E-state index in [1.165, 1.54) is 0 Å². The molecule has 0 amide bonds. The molecule has 0 fully saturated rings. The number of nitrogens with zero attached hydrogens (tertiary/aromatic N) is 1. The zero-order valence-electron chi connectivity index (χ0n) is 8.21. The van der Waals surface area contributed by atoms with E-state index in [9.17, 15) is 0 Å². The Hall–Kier alpha value is -1.00. The summed E-state index contributed by atoms with van der Waals surface area (Å²) in [5.74, 6) is 1.36. The number of hydrogen-bond donors (Lipinski definition) is 2. The normalized spacial score (nSPS) is 11.0. The standard InChI is InChI=1S/C9H17N3O/c1-12(2)6-5-11-7-8-3-4-9(10)13-8/h3-4,11H,5-7,10H2,1-2H3. The first-order chi connectivity index (χ1) is 6.18. The summed E-state index contributed by atoms with van der Waals surface area (Å²) in [6, 6.07) is 3.65. The van der Waals surface area contributed by atoms with Crippen LogP contribution < -0.4 is 11.1 Å². The molecular formula is C9H17N3O. The number of nitrogen functional groups attached to an aromatic ring is 1. The van der Waals surface area contributed by atoms with E-state index >= 15 is 0 Å². The topological polar surface area (TPSA) is 54.4 Å². The van der Waals surface area contributed by atoms with Crippen molar-refractivity contribution >= 4 is 5.88 Å². The molecule has 0 radical (unpaired) electrons. The van der Waals surface area contributed by atoms with Crippen LogP contribution in [-0.2, 0) is 6.54 Å². The molecule has 0 aliphatic carbocycles. The lowest BCUT2D eigenvalue weighted by Crippen LogP contribution is -2.26. The Morgan fingerprint density at radius 3 is 2.77 bits per heavy atom. The molecule has 4 nitrogen and oxygen atoms in total. The van der Waals surface area contributed by atoms with Crippen molar-refractivity contribution in [2.24, 2.45) is 0 Å². The average molecular weight is 183 g/mol. The molecule has 0 unspecified atom stereocenters. The fourth-order valence-corrected chi connectivity index (χ4v) is 1.00. The number of nitrogens with one attached hydrogen (secondary N) is 1. The Balaban J connectivity index is 2.13. The highest BCUT2D eigenvalue weighted by molar-refractivity contribution is 5.25. The minimum absolute atomic E-state index is 0.476. The maximum atomic E-state index is 5.43. The van der Waals surface area contributed by atoms with E-state index < -0.39 is 0 Å². The van der Waals surface area contributed by atoms with Gasteiger partial charge in [0, 0.05) is 19.2 Å². The minimum atomic E-state index is 0.476. The van der Waals surface area contributed by atoms with Crippen LogP contribution in [0.5, 0.6) is 0 Å². The number of hydrogen-bond acceptors (Lipinski definition) is 4. The third kappa shape index (κ3) is 3.96. The quantitative estimate of drug-likeness (QED) is 0.653. The molecule has 0 saturated carbocycles. The van der Waals surface area contributed by atoms with E-state index in [-0.39, 0.29) is 0 Å². The zero-order valence-corrected chi connectivity index (χ0v) is 8.21. The van der Waals surface area contributed by atoms with Crippen molar-refractivity contribution in [3.8, 4) is 0 Å². The molecule has 0 bridgehead atoms. The van der Waals surface area contributed by atoms with Crippen molar-refractivity contribution in [3.63, 3.8) is 0 Å². The maximum absolute atomic E-state index is 5.43. The molecule has 3 N–H and O–H groups in total. The van der Waals surface area contributed by atoms with Gasteiger partial charge in [-0.15, -0.1) is 0 Å². The highest BCUT2D eigenvalue weighted by atomic mass is 16.4. The number of rotatable bonds is 5. The minimum Gasteiger partial charge on any atom is -0.445 e. The van der Waals surface area contributed by atoms with Gasteiger partial charge in [-0.1, -0.05) is 0 Å². The summed E-state index contributed by atoms with van der Waals surface area (Å²) in [4.78, 5) is 2.13. The van der Waals surface area contributed by atoms with E-state index in [1.807, 2.05) is 20.2 Å². The molecule has 1 heterocycles. The van der Waals surface area contributed by atoms with Gasteiger partial charge >= 0.3 is 0 Å². The zero-order chi connectivity index (χ0) is 9.68. The van der Waals surface area contributed by atoms with E-state index in [0.717, 1.165) is 25.4 Å². The third-order valence-corrected chi connectivity index (χ3v) is 1.72. The molecule has 0 spiro atoms. The van der Waals surface area contributed by atoms with Crippen molar-refractivity contribution in [2.45, 2.75) is 6.54 Å². The van der Waals surface area contributed by atoms with Crippen LogP contribution in [0.25, 0.3) is 0 Å². The molecule has 1 aromatic heterocycles. The SMILES string of the molecule is CN(C)CCNCc1ccc(N)o1. The second-order valence-electron chi connectivity index (χ2n) is 3.28. The lowest BCUT2D eigenvalue weighted by Gasteiger charge is -2.09. The maximum Gasteiger partial charge on any atom is 0.190 e. The average Bonchev–Trinajstić information content (AvgIpc) is 2.45. The van der Waals surface area contributed by atoms with Crippen molar-refractivity contribution in [3.05, 3.63) is 17.9 Å². The second-order valence-corrected chi connectivity index (χ2v) is 3.28. The van der Waals surface area contributed by atoms with Crippen molar-refractivity contribution in [1.29, 1.82) is 0 Å². The Bertz CT molecular complexity index is 245. The summed E-state index contributed by atoms with van der Waals surface area (Å²) in [5, 5.41) is 3.26. The highest BCUT2D eigenvalue weighted by Crippen LogP contribution is 2.07. The molecule has 0 aromatic carbocycles. The van der Waals surface area contributed by atoms with Crippen LogP contribution in [0.3, 0.4) is 0 Å². The van der Waals surface area contributed by atoms with Gasteiger partial charge in [0.25, 0.3) is 0 Å². The summed E-state index contributed by atoms with van der Waals surface area (Å²) < 4.78 is 5.19. The van der Waals surface area contributed by atoms with Crippen LogP contribution in [-0.4, -0.2) is 32.1 Å². The summed E-state index contributed by atoms with van der Waals surface area (Å²) in [6.45, 7) is 2.72. The van der Waals surface area contributed by atoms with Crippen LogP contribution in [0.4, 0.5) is 5.88 Å². The Kier molecular flexibility index (Phi) is 3.79. The van der Waals surface area contributed by atoms with Crippen LogP contribution in [0.2, 0.25) is 0 Å². The fourth-order valence-electron chi connectivity index (χ4n) is 1.00. The van der Waals surface area contributed by atoms with Gasteiger partial charge in [-0.3, -0.25) is 0 Å². The number of likely N-dealkylation sites (N-methyl/N-ethyl adjacent to an activating group) is 1. The fraction of sp³-hybridized carbons (Fsp3) is 0.556. The summed E-state index contributed by atoms with van der Waals surface area (Å²) >= 11 is 0.